The molecule has 86 valence electrons. The molecule has 0 aliphatic rings. The molecule has 0 fully saturated rings. The zero-order chi connectivity index (χ0) is 12.2. The van der Waals surface area contributed by atoms with Crippen LogP contribution in [0.3, 0.4) is 0 Å². The fourth-order valence-corrected chi connectivity index (χ4v) is 0.978. The van der Waals surface area contributed by atoms with Gasteiger partial charge in [-0.2, -0.15) is 18.3 Å². The molecule has 0 aliphatic carbocycles. The predicted octanol–water partition coefficient (Wildman–Crippen LogP) is 2.68. The number of nitrogens with zero attached hydrogens (tertiary/aromatic N) is 1. The van der Waals surface area contributed by atoms with Crippen molar-refractivity contribution in [2.45, 2.75) is 6.18 Å². The molecule has 7 heteroatoms. The molecule has 0 saturated carbocycles. The Kier molecular flexibility index (Phi) is 3.94. The number of carbonyl (C=O) groups is 1. The van der Waals surface area contributed by atoms with Crippen LogP contribution in [0.2, 0.25) is 0 Å². The normalized spacial score (nSPS) is 11.8. The number of hydrogen-bond donors (Lipinski definition) is 2. The molecule has 1 aromatic rings. The van der Waals surface area contributed by atoms with E-state index >= 15 is 0 Å². The van der Waals surface area contributed by atoms with Crippen molar-refractivity contribution in [2.75, 3.05) is 0 Å². The Morgan fingerprint density at radius 3 is 2.31 bits per heavy atom. The molecule has 0 unspecified atom stereocenters. The van der Waals surface area contributed by atoms with Crippen LogP contribution in [0.15, 0.2) is 29.4 Å². The predicted molar refractivity (Wildman–Crippen MR) is 56.6 cm³/mol. The van der Waals surface area contributed by atoms with Crippen LogP contribution in [0.1, 0.15) is 11.1 Å². The van der Waals surface area contributed by atoms with Crippen LogP contribution >= 0.6 is 12.6 Å². The standard InChI is InChI=1S/C9H7F3N2OS/c10-9(11,12)7-3-1-6(2-4-7)5-13-14-8(15)16/h1-5H,(H2,14,15,16). The summed E-state index contributed by atoms with van der Waals surface area (Å²) in [5.41, 5.74) is 1.72. The van der Waals surface area contributed by atoms with Gasteiger partial charge in [-0.1, -0.05) is 24.8 Å². The summed E-state index contributed by atoms with van der Waals surface area (Å²) in [6.07, 6.45) is -3.14. The zero-order valence-electron chi connectivity index (χ0n) is 7.82. The van der Waals surface area contributed by atoms with Crippen LogP contribution in [-0.2, 0) is 6.18 Å². The summed E-state index contributed by atoms with van der Waals surface area (Å²) in [5.74, 6) is 0. The topological polar surface area (TPSA) is 41.5 Å². The van der Waals surface area contributed by atoms with Gasteiger partial charge in [-0.15, -0.1) is 0 Å². The summed E-state index contributed by atoms with van der Waals surface area (Å²) in [6.45, 7) is 0. The van der Waals surface area contributed by atoms with Crippen LogP contribution in [0.5, 0.6) is 0 Å². The third-order valence-corrected chi connectivity index (χ3v) is 1.71. The maximum atomic E-state index is 12.2. The Balaban J connectivity index is 2.72. The van der Waals surface area contributed by atoms with Gasteiger partial charge >= 0.3 is 6.18 Å². The first-order valence-electron chi connectivity index (χ1n) is 4.09. The summed E-state index contributed by atoms with van der Waals surface area (Å²) < 4.78 is 36.5. The van der Waals surface area contributed by atoms with E-state index in [4.69, 9.17) is 0 Å². The Morgan fingerprint density at radius 2 is 1.88 bits per heavy atom. The van der Waals surface area contributed by atoms with Gasteiger partial charge in [0.25, 0.3) is 5.24 Å². The highest BCUT2D eigenvalue weighted by atomic mass is 32.1. The molecule has 0 saturated heterocycles. The summed E-state index contributed by atoms with van der Waals surface area (Å²) >= 11 is 3.39. The van der Waals surface area contributed by atoms with Crippen LogP contribution < -0.4 is 5.43 Å². The lowest BCUT2D eigenvalue weighted by molar-refractivity contribution is -0.137. The number of hydrogen-bond acceptors (Lipinski definition) is 2. The highest BCUT2D eigenvalue weighted by Crippen LogP contribution is 2.28. The largest absolute Gasteiger partial charge is 0.416 e. The van der Waals surface area contributed by atoms with Crippen molar-refractivity contribution >= 4 is 24.1 Å². The van der Waals surface area contributed by atoms with Crippen molar-refractivity contribution in [3.63, 3.8) is 0 Å². The molecule has 16 heavy (non-hydrogen) atoms. The van der Waals surface area contributed by atoms with Gasteiger partial charge in [0.2, 0.25) is 0 Å². The van der Waals surface area contributed by atoms with Gasteiger partial charge in [0, 0.05) is 0 Å². The van der Waals surface area contributed by atoms with Crippen molar-refractivity contribution in [3.8, 4) is 0 Å². The molecule has 0 aliphatic heterocycles. The first-order valence-corrected chi connectivity index (χ1v) is 4.53. The summed E-state index contributed by atoms with van der Waals surface area (Å²) in [5, 5.41) is 2.80. The average molecular weight is 248 g/mol. The van der Waals surface area contributed by atoms with Gasteiger partial charge in [0.1, 0.15) is 0 Å². The van der Waals surface area contributed by atoms with Gasteiger partial charge in [-0.3, -0.25) is 4.79 Å². The van der Waals surface area contributed by atoms with Crippen molar-refractivity contribution in [1.29, 1.82) is 0 Å². The maximum absolute atomic E-state index is 12.2. The fraction of sp³-hybridized carbons (Fsp3) is 0.111. The number of amides is 1. The van der Waals surface area contributed by atoms with Gasteiger partial charge in [0.15, 0.2) is 0 Å². The lowest BCUT2D eigenvalue weighted by Crippen LogP contribution is -2.08. The first-order chi connectivity index (χ1) is 7.39. The van der Waals surface area contributed by atoms with E-state index in [9.17, 15) is 18.0 Å². The van der Waals surface area contributed by atoms with E-state index in [-0.39, 0.29) is 0 Å². The lowest BCUT2D eigenvalue weighted by Gasteiger charge is -2.05. The second-order valence-corrected chi connectivity index (χ2v) is 3.20. The van der Waals surface area contributed by atoms with E-state index in [0.717, 1.165) is 12.1 Å². The molecule has 0 aromatic heterocycles. The quantitative estimate of drug-likeness (QED) is 0.471. The molecule has 0 atom stereocenters. The molecule has 0 spiro atoms. The van der Waals surface area contributed by atoms with Gasteiger partial charge < -0.3 is 0 Å². The summed E-state index contributed by atoms with van der Waals surface area (Å²) in [6, 6.07) is 4.36. The van der Waals surface area contributed by atoms with Crippen LogP contribution in [-0.4, -0.2) is 11.5 Å². The van der Waals surface area contributed by atoms with E-state index < -0.39 is 17.0 Å². The third kappa shape index (κ3) is 3.93. The Bertz CT molecular complexity index is 400. The van der Waals surface area contributed by atoms with E-state index in [1.54, 1.807) is 0 Å². The van der Waals surface area contributed by atoms with Crippen LogP contribution in [0, 0.1) is 0 Å². The van der Waals surface area contributed by atoms with E-state index in [2.05, 4.69) is 17.7 Å². The van der Waals surface area contributed by atoms with E-state index in [0.29, 0.717) is 5.56 Å². The van der Waals surface area contributed by atoms with E-state index in [1.807, 2.05) is 5.43 Å². The molecule has 0 heterocycles. The van der Waals surface area contributed by atoms with Gasteiger partial charge in [0.05, 0.1) is 11.8 Å². The smallest absolute Gasteiger partial charge is 0.260 e. The number of thiol groups is 1. The van der Waals surface area contributed by atoms with Crippen molar-refractivity contribution in [3.05, 3.63) is 35.4 Å². The van der Waals surface area contributed by atoms with Crippen molar-refractivity contribution in [1.82, 2.24) is 5.43 Å². The number of hydrazone groups is 1. The average Bonchev–Trinajstić information content (AvgIpc) is 2.16. The molecule has 0 radical (unpaired) electrons. The first kappa shape index (κ1) is 12.6. The molecular weight excluding hydrogens is 241 g/mol. The third-order valence-electron chi connectivity index (χ3n) is 1.61. The minimum atomic E-state index is -4.35. The minimum absolute atomic E-state index is 0.440. The molecular formula is C9H7F3N2OS. The number of rotatable bonds is 2. The van der Waals surface area contributed by atoms with Gasteiger partial charge in [-0.25, -0.2) is 5.43 Å². The summed E-state index contributed by atoms with van der Waals surface area (Å²) in [4.78, 5) is 10.3. The number of alkyl halides is 3. The number of halogens is 3. The summed E-state index contributed by atoms with van der Waals surface area (Å²) in [7, 11) is 0. The highest BCUT2D eigenvalue weighted by Gasteiger charge is 2.29. The fourth-order valence-electron chi connectivity index (χ4n) is 0.920. The molecule has 0 bridgehead atoms. The second-order valence-electron chi connectivity index (χ2n) is 2.79. The maximum Gasteiger partial charge on any atom is 0.416 e. The Hall–Kier alpha value is -1.50. The lowest BCUT2D eigenvalue weighted by atomic mass is 10.1. The van der Waals surface area contributed by atoms with E-state index in [1.165, 1.54) is 18.3 Å². The second kappa shape index (κ2) is 5.02. The number of nitrogens with one attached hydrogen (secondary N) is 1. The number of carbonyl (C=O) groups excluding carboxylic acids is 1. The molecule has 1 amide bonds. The molecule has 3 nitrogen and oxygen atoms in total. The van der Waals surface area contributed by atoms with Crippen LogP contribution in [0.4, 0.5) is 18.0 Å². The highest BCUT2D eigenvalue weighted by molar-refractivity contribution is 7.96. The van der Waals surface area contributed by atoms with Crippen molar-refractivity contribution < 1.29 is 18.0 Å². The SMILES string of the molecule is O=C(S)NN=Cc1ccc(C(F)(F)F)cc1. The Labute approximate surface area is 94.8 Å². The van der Waals surface area contributed by atoms with Crippen LogP contribution in [0.25, 0.3) is 0 Å². The van der Waals surface area contributed by atoms with Crippen molar-refractivity contribution in [2.24, 2.45) is 5.10 Å². The van der Waals surface area contributed by atoms with Gasteiger partial charge in [-0.05, 0) is 17.7 Å². The molecule has 1 aromatic carbocycles. The molecule has 1 rings (SSSR count). The Morgan fingerprint density at radius 1 is 1.31 bits per heavy atom. The number of benzene rings is 1. The molecule has 1 N–H and O–H groups in total. The zero-order valence-corrected chi connectivity index (χ0v) is 8.72. The monoisotopic (exact) mass is 248 g/mol. The minimum Gasteiger partial charge on any atom is -0.260 e.